The van der Waals surface area contributed by atoms with Crippen LogP contribution in [0.4, 0.5) is 5.69 Å². The summed E-state index contributed by atoms with van der Waals surface area (Å²) in [5.41, 5.74) is 0.0856. The molecule has 0 aromatic heterocycles. The summed E-state index contributed by atoms with van der Waals surface area (Å²) in [7, 11) is 0. The maximum absolute atomic E-state index is 12.2. The van der Waals surface area contributed by atoms with Gasteiger partial charge in [-0.2, -0.15) is 0 Å². The molecule has 9 heteroatoms. The third-order valence-electron chi connectivity index (χ3n) is 2.19. The summed E-state index contributed by atoms with van der Waals surface area (Å²) in [6, 6.07) is 5.14. The molecule has 0 aliphatic heterocycles. The molecule has 1 rings (SSSR count). The Morgan fingerprint density at radius 2 is 1.59 bits per heavy atom. The zero-order chi connectivity index (χ0) is 16.9. The topological polar surface area (TPSA) is 87.9 Å². The molecule has 1 aromatic rings. The predicted octanol–water partition coefficient (Wildman–Crippen LogP) is 3.45. The molecule has 0 atom stereocenters. The van der Waals surface area contributed by atoms with E-state index in [0.29, 0.717) is 0 Å². The van der Waals surface area contributed by atoms with E-state index in [9.17, 15) is 14.9 Å². The van der Waals surface area contributed by atoms with E-state index in [2.05, 4.69) is 15.1 Å². The van der Waals surface area contributed by atoms with Gasteiger partial charge in [0.2, 0.25) is 0 Å². The summed E-state index contributed by atoms with van der Waals surface area (Å²) in [6.07, 6.45) is -3.34. The number of nitro groups is 1. The van der Waals surface area contributed by atoms with Gasteiger partial charge in [-0.3, -0.25) is 0 Å². The average molecular weight is 394 g/mol. The van der Waals surface area contributed by atoms with Crippen molar-refractivity contribution in [3.8, 4) is 0 Å². The van der Waals surface area contributed by atoms with Crippen molar-refractivity contribution in [3.05, 3.63) is 39.9 Å². The van der Waals surface area contributed by atoms with Crippen molar-refractivity contribution in [2.45, 2.75) is 39.9 Å². The van der Waals surface area contributed by atoms with Gasteiger partial charge in [-0.25, -0.2) is 0 Å². The molecule has 0 bridgehead atoms. The Balaban J connectivity index is 2.90. The summed E-state index contributed by atoms with van der Waals surface area (Å²) in [5.74, 6) is -0.664. The first-order valence-electron chi connectivity index (χ1n) is 6.58. The fraction of sp³-hybridized carbons (Fsp3) is 0.462. The molecule has 7 nitrogen and oxygen atoms in total. The number of nitrogens with zero attached hydrogens (tertiary/aromatic N) is 1. The van der Waals surface area contributed by atoms with E-state index in [1.807, 2.05) is 0 Å². The summed E-state index contributed by atoms with van der Waals surface area (Å²) >= 11 is 2.70. The van der Waals surface area contributed by atoms with E-state index in [1.54, 1.807) is 27.7 Å². The predicted molar refractivity (Wildman–Crippen MR) is 83.6 cm³/mol. The number of benzene rings is 1. The minimum absolute atomic E-state index is 0.0995. The average Bonchev–Trinajstić information content (AvgIpc) is 2.36. The zero-order valence-electron chi connectivity index (χ0n) is 12.7. The Bertz CT molecular complexity index is 573. The second kappa shape index (κ2) is 7.99. The molecular weight excluding hydrogens is 376 g/mol. The van der Waals surface area contributed by atoms with Crippen molar-refractivity contribution in [1.82, 2.24) is 0 Å². The SMILES string of the molecule is CC(C)OP(=[Se])(OC(=O)c1ccc([N+](=O)[O-])cc1)OC(C)C. The van der Waals surface area contributed by atoms with Crippen molar-refractivity contribution in [3.63, 3.8) is 0 Å². The minimum atomic E-state index is -2.94. The van der Waals surface area contributed by atoms with Crippen molar-refractivity contribution in [2.75, 3.05) is 0 Å². The molecule has 0 spiro atoms. The van der Waals surface area contributed by atoms with Crippen LogP contribution in [0.1, 0.15) is 38.1 Å². The number of nitro benzene ring substituents is 1. The molecule has 22 heavy (non-hydrogen) atoms. The van der Waals surface area contributed by atoms with Crippen LogP contribution in [0.15, 0.2) is 24.3 Å². The first-order valence-corrected chi connectivity index (χ1v) is 10.3. The van der Waals surface area contributed by atoms with Gasteiger partial charge in [0.15, 0.2) is 0 Å². The van der Waals surface area contributed by atoms with Crippen LogP contribution >= 0.6 is 6.19 Å². The molecule has 0 N–H and O–H groups in total. The summed E-state index contributed by atoms with van der Waals surface area (Å²) in [5, 5.41) is 10.6. The Kier molecular flexibility index (Phi) is 6.91. The molecular formula is C13H18NO6PSe. The quantitative estimate of drug-likeness (QED) is 0.305. The van der Waals surface area contributed by atoms with Crippen LogP contribution in [-0.4, -0.2) is 38.2 Å². The zero-order valence-corrected chi connectivity index (χ0v) is 15.3. The molecule has 0 fully saturated rings. The molecule has 1 aromatic carbocycles. The first-order chi connectivity index (χ1) is 10.1. The molecule has 0 amide bonds. The third-order valence-corrected chi connectivity index (χ3v) is 5.49. The molecule has 122 valence electrons. The van der Waals surface area contributed by atoms with Crippen LogP contribution in [0, 0.1) is 10.1 Å². The molecule has 0 heterocycles. The Labute approximate surface area is 136 Å². The first kappa shape index (κ1) is 19.0. The summed E-state index contributed by atoms with van der Waals surface area (Å²) < 4.78 is 16.5. The summed E-state index contributed by atoms with van der Waals surface area (Å²) in [4.78, 5) is 22.2. The van der Waals surface area contributed by atoms with Gasteiger partial charge in [0, 0.05) is 0 Å². The molecule has 0 saturated heterocycles. The van der Waals surface area contributed by atoms with Crippen LogP contribution in [0.2, 0.25) is 0 Å². The third kappa shape index (κ3) is 5.99. The number of hydrogen-bond acceptors (Lipinski definition) is 6. The van der Waals surface area contributed by atoms with Crippen LogP contribution < -0.4 is 0 Å². The Morgan fingerprint density at radius 1 is 1.14 bits per heavy atom. The van der Waals surface area contributed by atoms with Crippen LogP contribution in [-0.2, 0) is 13.6 Å². The van der Waals surface area contributed by atoms with Gasteiger partial charge in [0.05, 0.1) is 0 Å². The normalized spacial score (nSPS) is 11.7. The van der Waals surface area contributed by atoms with E-state index in [0.717, 1.165) is 0 Å². The molecule has 0 aliphatic rings. The Morgan fingerprint density at radius 3 is 1.95 bits per heavy atom. The van der Waals surface area contributed by atoms with Gasteiger partial charge in [0.25, 0.3) is 0 Å². The van der Waals surface area contributed by atoms with Gasteiger partial charge in [0.1, 0.15) is 0 Å². The van der Waals surface area contributed by atoms with Crippen molar-refractivity contribution in [2.24, 2.45) is 0 Å². The van der Waals surface area contributed by atoms with E-state index in [1.165, 1.54) is 24.3 Å². The van der Waals surface area contributed by atoms with Crippen molar-refractivity contribution < 1.29 is 23.3 Å². The van der Waals surface area contributed by atoms with E-state index in [-0.39, 0.29) is 23.5 Å². The van der Waals surface area contributed by atoms with Gasteiger partial charge < -0.3 is 0 Å². The Hall–Kier alpha value is -1.04. The molecule has 0 aliphatic carbocycles. The number of rotatable bonds is 7. The second-order valence-electron chi connectivity index (χ2n) is 4.94. The second-order valence-corrected chi connectivity index (χ2v) is 9.25. The van der Waals surface area contributed by atoms with Crippen LogP contribution in [0.3, 0.4) is 0 Å². The molecule has 0 saturated carbocycles. The number of hydrogen-bond donors (Lipinski definition) is 0. The molecule has 0 radical (unpaired) electrons. The van der Waals surface area contributed by atoms with Gasteiger partial charge >= 0.3 is 136 Å². The van der Waals surface area contributed by atoms with Gasteiger partial charge in [-0.1, -0.05) is 0 Å². The van der Waals surface area contributed by atoms with Crippen molar-refractivity contribution in [1.29, 1.82) is 0 Å². The molecule has 0 unspecified atom stereocenters. The summed E-state index contributed by atoms with van der Waals surface area (Å²) in [6.45, 7) is 7.20. The number of non-ortho nitro benzene ring substituents is 1. The van der Waals surface area contributed by atoms with Crippen LogP contribution in [0.25, 0.3) is 0 Å². The van der Waals surface area contributed by atoms with Crippen molar-refractivity contribution >= 4 is 32.9 Å². The van der Waals surface area contributed by atoms with E-state index < -0.39 is 17.1 Å². The monoisotopic (exact) mass is 395 g/mol. The fourth-order valence-corrected chi connectivity index (χ4v) is 5.53. The van der Waals surface area contributed by atoms with Crippen LogP contribution in [0.5, 0.6) is 0 Å². The van der Waals surface area contributed by atoms with E-state index in [4.69, 9.17) is 13.6 Å². The maximum atomic E-state index is 12.2. The fourth-order valence-electron chi connectivity index (χ4n) is 1.46. The standard InChI is InChI=1S/C13H18NO6PSe/c1-9(2)18-21(22,19-10(3)4)20-13(15)11-5-7-12(8-6-11)14(16)17/h5-10H,1-4H3. The number of carbonyl (C=O) groups is 1. The number of carbonyl (C=O) groups excluding carboxylic acids is 1. The van der Waals surface area contributed by atoms with Gasteiger partial charge in [-0.05, 0) is 0 Å². The van der Waals surface area contributed by atoms with E-state index >= 15 is 0 Å². The van der Waals surface area contributed by atoms with Gasteiger partial charge in [-0.15, -0.1) is 0 Å².